The van der Waals surface area contributed by atoms with Gasteiger partial charge in [-0.3, -0.25) is 0 Å². The molecule has 1 rings (SSSR count). The van der Waals surface area contributed by atoms with Crippen molar-refractivity contribution in [2.24, 2.45) is 0 Å². The number of nitrogens with one attached hydrogen (secondary N) is 1. The molecule has 0 saturated carbocycles. The van der Waals surface area contributed by atoms with Crippen LogP contribution >= 0.6 is 0 Å². The van der Waals surface area contributed by atoms with Crippen LogP contribution in [0.1, 0.15) is 12.8 Å². The number of rotatable bonds is 1. The zero-order chi connectivity index (χ0) is 7.40. The largest absolute Gasteiger partial charge is 0.465 e. The van der Waals surface area contributed by atoms with E-state index in [0.29, 0.717) is 6.61 Å². The van der Waals surface area contributed by atoms with Crippen LogP contribution in [0.5, 0.6) is 0 Å². The van der Waals surface area contributed by atoms with E-state index in [2.05, 4.69) is 5.32 Å². The second-order valence-electron chi connectivity index (χ2n) is 2.36. The Morgan fingerprint density at radius 1 is 1.70 bits per heavy atom. The lowest BCUT2D eigenvalue weighted by Crippen LogP contribution is -2.39. The van der Waals surface area contributed by atoms with Crippen LogP contribution in [-0.2, 0) is 4.74 Å². The van der Waals surface area contributed by atoms with E-state index < -0.39 is 6.09 Å². The van der Waals surface area contributed by atoms with Gasteiger partial charge in [0.25, 0.3) is 0 Å². The van der Waals surface area contributed by atoms with Crippen molar-refractivity contribution >= 4 is 6.09 Å². The molecule has 0 bridgehead atoms. The maximum Gasteiger partial charge on any atom is 0.404 e. The highest BCUT2D eigenvalue weighted by Gasteiger charge is 2.14. The predicted molar refractivity (Wildman–Crippen MR) is 35.0 cm³/mol. The van der Waals surface area contributed by atoms with E-state index in [1.54, 1.807) is 0 Å². The molecule has 1 aliphatic heterocycles. The highest BCUT2D eigenvalue weighted by molar-refractivity contribution is 5.64. The molecule has 0 radical (unpaired) electrons. The fourth-order valence-corrected chi connectivity index (χ4v) is 1.03. The fraction of sp³-hybridized carbons (Fsp3) is 0.833. The molecule has 58 valence electrons. The number of hydrogen-bond donors (Lipinski definition) is 2. The van der Waals surface area contributed by atoms with Gasteiger partial charge in [-0.25, -0.2) is 4.79 Å². The van der Waals surface area contributed by atoms with Crippen molar-refractivity contribution in [3.05, 3.63) is 0 Å². The number of carboxylic acid groups (broad SMARTS) is 1. The van der Waals surface area contributed by atoms with Gasteiger partial charge in [-0.15, -0.1) is 0 Å². The summed E-state index contributed by atoms with van der Waals surface area (Å²) in [7, 11) is 0. The number of hydrogen-bond acceptors (Lipinski definition) is 2. The first-order valence-corrected chi connectivity index (χ1v) is 3.36. The smallest absolute Gasteiger partial charge is 0.404 e. The second-order valence-corrected chi connectivity index (χ2v) is 2.36. The Bertz CT molecular complexity index is 120. The van der Waals surface area contributed by atoms with Crippen molar-refractivity contribution < 1.29 is 14.6 Å². The molecule has 1 heterocycles. The number of carbonyl (C=O) groups is 1. The summed E-state index contributed by atoms with van der Waals surface area (Å²) in [6.07, 6.45) is 0.882. The van der Waals surface area contributed by atoms with Crippen LogP contribution in [0.4, 0.5) is 4.79 Å². The highest BCUT2D eigenvalue weighted by atomic mass is 16.5. The third kappa shape index (κ3) is 2.23. The minimum Gasteiger partial charge on any atom is -0.465 e. The van der Waals surface area contributed by atoms with Crippen molar-refractivity contribution in [1.82, 2.24) is 5.32 Å². The monoisotopic (exact) mass is 145 g/mol. The third-order valence-electron chi connectivity index (χ3n) is 1.49. The van der Waals surface area contributed by atoms with Gasteiger partial charge in [0, 0.05) is 6.61 Å². The van der Waals surface area contributed by atoms with Gasteiger partial charge >= 0.3 is 6.09 Å². The molecule has 1 aliphatic rings. The Balaban J connectivity index is 2.19. The van der Waals surface area contributed by atoms with E-state index in [1.807, 2.05) is 0 Å². The maximum absolute atomic E-state index is 10.1. The average Bonchev–Trinajstić information content (AvgIpc) is 1.88. The van der Waals surface area contributed by atoms with Crippen molar-refractivity contribution in [1.29, 1.82) is 0 Å². The molecule has 2 N–H and O–H groups in total. The van der Waals surface area contributed by atoms with E-state index in [9.17, 15) is 4.79 Å². The van der Waals surface area contributed by atoms with Crippen molar-refractivity contribution in [2.45, 2.75) is 18.9 Å². The van der Waals surface area contributed by atoms with E-state index in [4.69, 9.17) is 9.84 Å². The van der Waals surface area contributed by atoms with E-state index >= 15 is 0 Å². The Kier molecular flexibility index (Phi) is 2.50. The molecular formula is C6H11NO3. The molecule has 0 aliphatic carbocycles. The molecular weight excluding hydrogens is 134 g/mol. The summed E-state index contributed by atoms with van der Waals surface area (Å²) in [6.45, 7) is 1.28. The summed E-state index contributed by atoms with van der Waals surface area (Å²) in [6, 6.07) is 0.00579. The Morgan fingerprint density at radius 2 is 2.50 bits per heavy atom. The molecule has 0 unspecified atom stereocenters. The van der Waals surface area contributed by atoms with Crippen LogP contribution in [0.15, 0.2) is 0 Å². The molecule has 0 spiro atoms. The molecule has 0 aromatic carbocycles. The zero-order valence-corrected chi connectivity index (χ0v) is 5.67. The summed E-state index contributed by atoms with van der Waals surface area (Å²) in [5, 5.41) is 10.7. The summed E-state index contributed by atoms with van der Waals surface area (Å²) in [5.41, 5.74) is 0. The summed E-state index contributed by atoms with van der Waals surface area (Å²) < 4.78 is 5.06. The van der Waals surface area contributed by atoms with Crippen LogP contribution in [0, 0.1) is 0 Å². The third-order valence-corrected chi connectivity index (χ3v) is 1.49. The van der Waals surface area contributed by atoms with Crippen LogP contribution < -0.4 is 5.32 Å². The lowest BCUT2D eigenvalue weighted by atomic mass is 10.1. The SMILES string of the molecule is O=C(O)N[C@H]1CCCOC1. The van der Waals surface area contributed by atoms with Crippen LogP contribution in [0.3, 0.4) is 0 Å². The van der Waals surface area contributed by atoms with Crippen LogP contribution in [-0.4, -0.2) is 30.5 Å². The van der Waals surface area contributed by atoms with Gasteiger partial charge in [0.15, 0.2) is 0 Å². The van der Waals surface area contributed by atoms with Gasteiger partial charge in [-0.05, 0) is 12.8 Å². The topological polar surface area (TPSA) is 58.6 Å². The van der Waals surface area contributed by atoms with E-state index in [1.165, 1.54) is 0 Å². The minimum absolute atomic E-state index is 0.00579. The lowest BCUT2D eigenvalue weighted by molar-refractivity contribution is 0.0696. The molecule has 0 aromatic heterocycles. The molecule has 4 nitrogen and oxygen atoms in total. The normalized spacial score (nSPS) is 25.8. The van der Waals surface area contributed by atoms with Crippen LogP contribution in [0.2, 0.25) is 0 Å². The first-order valence-electron chi connectivity index (χ1n) is 3.36. The van der Waals surface area contributed by atoms with Gasteiger partial charge in [0.2, 0.25) is 0 Å². The predicted octanol–water partition coefficient (Wildman–Crippen LogP) is 0.433. The molecule has 1 atom stereocenters. The lowest BCUT2D eigenvalue weighted by Gasteiger charge is -2.21. The van der Waals surface area contributed by atoms with Gasteiger partial charge < -0.3 is 15.2 Å². The average molecular weight is 145 g/mol. The maximum atomic E-state index is 10.1. The van der Waals surface area contributed by atoms with Crippen molar-refractivity contribution in [3.8, 4) is 0 Å². The fourth-order valence-electron chi connectivity index (χ4n) is 1.03. The van der Waals surface area contributed by atoms with Gasteiger partial charge in [-0.1, -0.05) is 0 Å². The van der Waals surface area contributed by atoms with Gasteiger partial charge in [0.1, 0.15) is 0 Å². The molecule has 1 saturated heterocycles. The molecule has 1 amide bonds. The van der Waals surface area contributed by atoms with Crippen molar-refractivity contribution in [2.75, 3.05) is 13.2 Å². The summed E-state index contributed by atoms with van der Waals surface area (Å²) in [5.74, 6) is 0. The summed E-state index contributed by atoms with van der Waals surface area (Å²) >= 11 is 0. The standard InChI is InChI=1S/C6H11NO3/c8-6(9)7-5-2-1-3-10-4-5/h5,7H,1-4H2,(H,8,9)/t5-/m0/s1. The Labute approximate surface area is 59.2 Å². The minimum atomic E-state index is -0.962. The molecule has 1 fully saturated rings. The van der Waals surface area contributed by atoms with E-state index in [0.717, 1.165) is 19.4 Å². The number of ether oxygens (including phenoxy) is 1. The first kappa shape index (κ1) is 7.34. The molecule has 0 aromatic rings. The van der Waals surface area contributed by atoms with Gasteiger partial charge in [-0.2, -0.15) is 0 Å². The second kappa shape index (κ2) is 3.41. The number of amides is 1. The zero-order valence-electron chi connectivity index (χ0n) is 5.67. The Morgan fingerprint density at radius 3 is 3.00 bits per heavy atom. The Hall–Kier alpha value is -0.770. The van der Waals surface area contributed by atoms with Crippen molar-refractivity contribution in [3.63, 3.8) is 0 Å². The van der Waals surface area contributed by atoms with E-state index in [-0.39, 0.29) is 6.04 Å². The van der Waals surface area contributed by atoms with Gasteiger partial charge in [0.05, 0.1) is 12.6 Å². The molecule has 10 heavy (non-hydrogen) atoms. The van der Waals surface area contributed by atoms with Crippen LogP contribution in [0.25, 0.3) is 0 Å². The quantitative estimate of drug-likeness (QED) is 0.562. The summed E-state index contributed by atoms with van der Waals surface area (Å²) in [4.78, 5) is 10.1. The first-order chi connectivity index (χ1) is 4.79. The highest BCUT2D eigenvalue weighted by Crippen LogP contribution is 2.04. The molecule has 4 heteroatoms.